The van der Waals surface area contributed by atoms with Crippen molar-refractivity contribution >= 4 is 11.8 Å². The zero-order chi connectivity index (χ0) is 11.4. The van der Waals surface area contributed by atoms with Gasteiger partial charge < -0.3 is 10.1 Å². The third kappa shape index (κ3) is 2.93. The van der Waals surface area contributed by atoms with Gasteiger partial charge in [-0.3, -0.25) is 0 Å². The molecule has 1 saturated carbocycles. The lowest BCUT2D eigenvalue weighted by Crippen LogP contribution is -2.42. The summed E-state index contributed by atoms with van der Waals surface area (Å²) in [4.78, 5) is 0. The average molecular weight is 243 g/mol. The predicted octanol–water partition coefficient (Wildman–Crippen LogP) is 2.68. The topological polar surface area (TPSA) is 21.3 Å². The van der Waals surface area contributed by atoms with Crippen LogP contribution in [0.15, 0.2) is 0 Å². The maximum atomic E-state index is 5.46. The van der Waals surface area contributed by atoms with Crippen LogP contribution in [-0.2, 0) is 4.74 Å². The second-order valence-electron chi connectivity index (χ2n) is 5.39. The monoisotopic (exact) mass is 243 g/mol. The fraction of sp³-hybridized carbons (Fsp3) is 1.00. The molecule has 0 bridgehead atoms. The van der Waals surface area contributed by atoms with Gasteiger partial charge in [0.15, 0.2) is 0 Å². The molecule has 1 heterocycles. The van der Waals surface area contributed by atoms with Crippen LogP contribution in [0.25, 0.3) is 0 Å². The molecule has 0 aromatic heterocycles. The van der Waals surface area contributed by atoms with E-state index in [2.05, 4.69) is 30.3 Å². The van der Waals surface area contributed by atoms with Crippen molar-refractivity contribution in [2.24, 2.45) is 5.92 Å². The highest BCUT2D eigenvalue weighted by molar-refractivity contribution is 8.00. The first-order valence-corrected chi connectivity index (χ1v) is 7.84. The van der Waals surface area contributed by atoms with Crippen molar-refractivity contribution in [1.82, 2.24) is 5.32 Å². The molecule has 1 aliphatic heterocycles. The van der Waals surface area contributed by atoms with E-state index in [0.717, 1.165) is 19.1 Å². The highest BCUT2D eigenvalue weighted by atomic mass is 32.2. The maximum absolute atomic E-state index is 5.46. The standard InChI is InChI=1S/C13H25NOS/c1-11(12-5-8-15-9-12)14-10-13(16-2)6-3-4-7-13/h11-12,14H,3-10H2,1-2H3. The van der Waals surface area contributed by atoms with Crippen LogP contribution in [0.2, 0.25) is 0 Å². The molecule has 2 nitrogen and oxygen atoms in total. The molecule has 16 heavy (non-hydrogen) atoms. The SMILES string of the molecule is CSC1(CNC(C)C2CCOC2)CCCC1. The van der Waals surface area contributed by atoms with Crippen LogP contribution in [0, 0.1) is 5.92 Å². The van der Waals surface area contributed by atoms with Crippen molar-refractivity contribution < 1.29 is 4.74 Å². The molecule has 0 aromatic rings. The van der Waals surface area contributed by atoms with Crippen molar-refractivity contribution in [1.29, 1.82) is 0 Å². The summed E-state index contributed by atoms with van der Waals surface area (Å²) >= 11 is 2.07. The Bertz CT molecular complexity index is 210. The van der Waals surface area contributed by atoms with E-state index in [1.54, 1.807) is 0 Å². The van der Waals surface area contributed by atoms with Crippen LogP contribution in [-0.4, -0.2) is 36.8 Å². The van der Waals surface area contributed by atoms with Gasteiger partial charge in [0.25, 0.3) is 0 Å². The summed E-state index contributed by atoms with van der Waals surface area (Å²) in [7, 11) is 0. The first-order valence-electron chi connectivity index (χ1n) is 6.62. The van der Waals surface area contributed by atoms with Gasteiger partial charge in [-0.15, -0.1) is 0 Å². The molecule has 94 valence electrons. The number of nitrogens with one attached hydrogen (secondary N) is 1. The van der Waals surface area contributed by atoms with Gasteiger partial charge in [-0.1, -0.05) is 12.8 Å². The van der Waals surface area contributed by atoms with E-state index < -0.39 is 0 Å². The third-order valence-electron chi connectivity index (χ3n) is 4.37. The molecule has 0 aromatic carbocycles. The summed E-state index contributed by atoms with van der Waals surface area (Å²) in [5, 5.41) is 3.76. The molecule has 0 radical (unpaired) electrons. The van der Waals surface area contributed by atoms with E-state index in [1.165, 1.54) is 38.6 Å². The Hall–Kier alpha value is 0.270. The van der Waals surface area contributed by atoms with Gasteiger partial charge in [0.1, 0.15) is 0 Å². The van der Waals surface area contributed by atoms with Gasteiger partial charge in [0.05, 0.1) is 6.61 Å². The zero-order valence-corrected chi connectivity index (χ0v) is 11.4. The molecule has 3 heteroatoms. The number of rotatable bonds is 5. The fourth-order valence-electron chi connectivity index (χ4n) is 2.93. The molecule has 0 amide bonds. The second-order valence-corrected chi connectivity index (χ2v) is 6.66. The van der Waals surface area contributed by atoms with E-state index in [0.29, 0.717) is 10.8 Å². The van der Waals surface area contributed by atoms with Crippen molar-refractivity contribution in [2.75, 3.05) is 26.0 Å². The lowest BCUT2D eigenvalue weighted by Gasteiger charge is -2.30. The van der Waals surface area contributed by atoms with Crippen molar-refractivity contribution in [3.8, 4) is 0 Å². The largest absolute Gasteiger partial charge is 0.381 e. The van der Waals surface area contributed by atoms with Gasteiger partial charge in [0, 0.05) is 23.9 Å². The number of ether oxygens (including phenoxy) is 1. The van der Waals surface area contributed by atoms with Gasteiger partial charge in [0.2, 0.25) is 0 Å². The molecule has 0 spiro atoms. The molecule has 2 rings (SSSR count). The first-order chi connectivity index (χ1) is 7.76. The molecule has 2 atom stereocenters. The van der Waals surface area contributed by atoms with Crippen LogP contribution < -0.4 is 5.32 Å². The summed E-state index contributed by atoms with van der Waals surface area (Å²) in [6.45, 7) is 5.43. The highest BCUT2D eigenvalue weighted by Gasteiger charge is 2.33. The fourth-order valence-corrected chi connectivity index (χ4v) is 3.86. The Kier molecular flexibility index (Phi) is 4.57. The smallest absolute Gasteiger partial charge is 0.0509 e. The maximum Gasteiger partial charge on any atom is 0.0509 e. The summed E-state index contributed by atoms with van der Waals surface area (Å²) in [5.41, 5.74) is 0. The Morgan fingerprint density at radius 2 is 2.19 bits per heavy atom. The molecule has 1 N–H and O–H groups in total. The van der Waals surface area contributed by atoms with Crippen LogP contribution in [0.4, 0.5) is 0 Å². The van der Waals surface area contributed by atoms with Crippen molar-refractivity contribution in [3.63, 3.8) is 0 Å². The minimum absolute atomic E-state index is 0.535. The van der Waals surface area contributed by atoms with Crippen LogP contribution in [0.1, 0.15) is 39.0 Å². The van der Waals surface area contributed by atoms with Gasteiger partial charge in [-0.05, 0) is 38.4 Å². The number of thioether (sulfide) groups is 1. The first kappa shape index (κ1) is 12.7. The molecule has 2 aliphatic rings. The minimum atomic E-state index is 0.535. The summed E-state index contributed by atoms with van der Waals surface area (Å²) < 4.78 is 5.99. The van der Waals surface area contributed by atoms with Crippen LogP contribution in [0.5, 0.6) is 0 Å². The van der Waals surface area contributed by atoms with Gasteiger partial charge in [-0.25, -0.2) is 0 Å². The second kappa shape index (κ2) is 5.74. The number of hydrogen-bond donors (Lipinski definition) is 1. The molecular formula is C13H25NOS. The van der Waals surface area contributed by atoms with E-state index in [4.69, 9.17) is 4.74 Å². The third-order valence-corrected chi connectivity index (χ3v) is 5.78. The normalized spacial score (nSPS) is 30.8. The number of hydrogen-bond acceptors (Lipinski definition) is 3. The minimum Gasteiger partial charge on any atom is -0.381 e. The van der Waals surface area contributed by atoms with Crippen LogP contribution in [0.3, 0.4) is 0 Å². The van der Waals surface area contributed by atoms with Crippen molar-refractivity contribution in [3.05, 3.63) is 0 Å². The Labute approximate surface area is 104 Å². The Morgan fingerprint density at radius 3 is 2.75 bits per heavy atom. The Morgan fingerprint density at radius 1 is 1.44 bits per heavy atom. The summed E-state index contributed by atoms with van der Waals surface area (Å²) in [6.07, 6.45) is 9.15. The Balaban J connectivity index is 1.76. The highest BCUT2D eigenvalue weighted by Crippen LogP contribution is 2.39. The van der Waals surface area contributed by atoms with E-state index >= 15 is 0 Å². The molecular weight excluding hydrogens is 218 g/mol. The zero-order valence-electron chi connectivity index (χ0n) is 10.6. The summed E-state index contributed by atoms with van der Waals surface area (Å²) in [6, 6.07) is 0.618. The van der Waals surface area contributed by atoms with E-state index in [1.807, 2.05) is 0 Å². The van der Waals surface area contributed by atoms with Crippen molar-refractivity contribution in [2.45, 2.75) is 49.8 Å². The lowest BCUT2D eigenvalue weighted by molar-refractivity contribution is 0.178. The predicted molar refractivity (Wildman–Crippen MR) is 71.1 cm³/mol. The molecule has 2 fully saturated rings. The van der Waals surface area contributed by atoms with Crippen LogP contribution >= 0.6 is 11.8 Å². The quantitative estimate of drug-likeness (QED) is 0.802. The van der Waals surface area contributed by atoms with E-state index in [-0.39, 0.29) is 0 Å². The summed E-state index contributed by atoms with van der Waals surface area (Å²) in [5.74, 6) is 0.736. The lowest BCUT2D eigenvalue weighted by atomic mass is 9.99. The molecule has 2 unspecified atom stereocenters. The molecule has 1 saturated heterocycles. The van der Waals surface area contributed by atoms with Gasteiger partial charge >= 0.3 is 0 Å². The average Bonchev–Trinajstić information content (AvgIpc) is 2.98. The van der Waals surface area contributed by atoms with E-state index in [9.17, 15) is 0 Å². The molecule has 1 aliphatic carbocycles. The van der Waals surface area contributed by atoms with Gasteiger partial charge in [-0.2, -0.15) is 11.8 Å².